The second-order valence-electron chi connectivity index (χ2n) is 5.14. The van der Waals surface area contributed by atoms with Crippen LogP contribution >= 0.6 is 11.8 Å². The average Bonchev–Trinajstić information content (AvgIpc) is 2.33. The molecule has 3 nitrogen and oxygen atoms in total. The van der Waals surface area contributed by atoms with Crippen LogP contribution in [0.2, 0.25) is 0 Å². The predicted molar refractivity (Wildman–Crippen MR) is 79.8 cm³/mol. The molecule has 0 radical (unpaired) electrons. The van der Waals surface area contributed by atoms with Crippen molar-refractivity contribution in [2.45, 2.75) is 70.2 Å². The number of hydrogen-bond acceptors (Lipinski definition) is 4. The fourth-order valence-electron chi connectivity index (χ4n) is 1.99. The molecular weight excluding hydrogens is 244 g/mol. The predicted octanol–water partition coefficient (Wildman–Crippen LogP) is 2.94. The van der Waals surface area contributed by atoms with Gasteiger partial charge in [0.15, 0.2) is 0 Å². The Hall–Kier alpha value is -0.240. The number of aliphatic hydroxyl groups excluding tert-OH is 1. The van der Waals surface area contributed by atoms with Gasteiger partial charge in [0.2, 0.25) is 0 Å². The third-order valence-electron chi connectivity index (χ3n) is 3.07. The Morgan fingerprint density at radius 1 is 1.39 bits per heavy atom. The number of hydrogen-bond donors (Lipinski definition) is 2. The Morgan fingerprint density at radius 2 is 2.06 bits per heavy atom. The molecule has 2 atom stereocenters. The molecule has 0 saturated carbocycles. The van der Waals surface area contributed by atoms with Gasteiger partial charge in [0, 0.05) is 17.9 Å². The Labute approximate surface area is 116 Å². The SMILES string of the molecule is CCC(C#N)(CCCSC(C)CCO)NC(C)C. The van der Waals surface area contributed by atoms with Gasteiger partial charge in [-0.05, 0) is 45.3 Å². The van der Waals surface area contributed by atoms with Crippen molar-refractivity contribution in [1.29, 1.82) is 5.26 Å². The summed E-state index contributed by atoms with van der Waals surface area (Å²) in [5, 5.41) is 22.1. The van der Waals surface area contributed by atoms with Crippen LogP contribution in [-0.2, 0) is 0 Å². The fourth-order valence-corrected chi connectivity index (χ4v) is 2.98. The van der Waals surface area contributed by atoms with Crippen molar-refractivity contribution in [3.63, 3.8) is 0 Å². The minimum absolute atomic E-state index is 0.264. The molecule has 2 unspecified atom stereocenters. The minimum Gasteiger partial charge on any atom is -0.396 e. The van der Waals surface area contributed by atoms with Crippen LogP contribution in [0.3, 0.4) is 0 Å². The van der Waals surface area contributed by atoms with Crippen molar-refractivity contribution in [3.05, 3.63) is 0 Å². The first-order valence-corrected chi connectivity index (χ1v) is 7.96. The van der Waals surface area contributed by atoms with E-state index in [0.29, 0.717) is 11.3 Å². The summed E-state index contributed by atoms with van der Waals surface area (Å²) in [5.74, 6) is 1.06. The van der Waals surface area contributed by atoms with Crippen molar-refractivity contribution in [1.82, 2.24) is 5.32 Å². The van der Waals surface area contributed by atoms with E-state index in [9.17, 15) is 5.26 Å². The van der Waals surface area contributed by atoms with Crippen LogP contribution in [0.4, 0.5) is 0 Å². The summed E-state index contributed by atoms with van der Waals surface area (Å²) in [6, 6.07) is 2.79. The lowest BCUT2D eigenvalue weighted by molar-refractivity contribution is 0.289. The van der Waals surface area contributed by atoms with E-state index in [1.54, 1.807) is 0 Å². The zero-order valence-electron chi connectivity index (χ0n) is 12.2. The molecule has 0 aromatic heterocycles. The van der Waals surface area contributed by atoms with E-state index in [0.717, 1.165) is 31.4 Å². The van der Waals surface area contributed by atoms with Gasteiger partial charge in [0.05, 0.1) is 6.07 Å². The first-order valence-electron chi connectivity index (χ1n) is 6.91. The molecule has 0 heterocycles. The normalized spacial score (nSPS) is 16.3. The van der Waals surface area contributed by atoms with Gasteiger partial charge in [-0.2, -0.15) is 17.0 Å². The fraction of sp³-hybridized carbons (Fsp3) is 0.929. The minimum atomic E-state index is -0.366. The van der Waals surface area contributed by atoms with Crippen molar-refractivity contribution in [2.75, 3.05) is 12.4 Å². The molecule has 2 N–H and O–H groups in total. The van der Waals surface area contributed by atoms with Gasteiger partial charge in [-0.3, -0.25) is 5.32 Å². The van der Waals surface area contributed by atoms with E-state index in [1.165, 1.54) is 0 Å². The number of thioether (sulfide) groups is 1. The lowest BCUT2D eigenvalue weighted by Gasteiger charge is -2.29. The monoisotopic (exact) mass is 272 g/mol. The lowest BCUT2D eigenvalue weighted by atomic mass is 9.91. The summed E-state index contributed by atoms with van der Waals surface area (Å²) in [6.45, 7) is 8.64. The summed E-state index contributed by atoms with van der Waals surface area (Å²) in [4.78, 5) is 0. The molecule has 0 fully saturated rings. The first-order chi connectivity index (χ1) is 8.49. The van der Waals surface area contributed by atoms with Crippen LogP contribution in [0.15, 0.2) is 0 Å². The maximum Gasteiger partial charge on any atom is 0.106 e. The van der Waals surface area contributed by atoms with Gasteiger partial charge in [-0.25, -0.2) is 0 Å². The number of aliphatic hydroxyl groups is 1. The maximum atomic E-state index is 9.37. The lowest BCUT2D eigenvalue weighted by Crippen LogP contribution is -2.47. The molecule has 0 aromatic carbocycles. The van der Waals surface area contributed by atoms with Crippen LogP contribution in [0.1, 0.15) is 53.4 Å². The largest absolute Gasteiger partial charge is 0.396 e. The Balaban J connectivity index is 4.02. The van der Waals surface area contributed by atoms with Gasteiger partial charge < -0.3 is 5.11 Å². The van der Waals surface area contributed by atoms with Gasteiger partial charge in [-0.15, -0.1) is 0 Å². The van der Waals surface area contributed by atoms with Gasteiger partial charge in [0.1, 0.15) is 5.54 Å². The van der Waals surface area contributed by atoms with Crippen molar-refractivity contribution in [3.8, 4) is 6.07 Å². The molecule has 0 spiro atoms. The second kappa shape index (κ2) is 9.66. The third-order valence-corrected chi connectivity index (χ3v) is 4.40. The van der Waals surface area contributed by atoms with Crippen molar-refractivity contribution in [2.24, 2.45) is 0 Å². The van der Waals surface area contributed by atoms with E-state index in [2.05, 4.69) is 39.1 Å². The standard InChI is InChI=1S/C14H28N2OS/c1-5-14(11-15,16-12(2)3)8-6-10-18-13(4)7-9-17/h12-13,16-17H,5-10H2,1-4H3. The number of nitrogens with one attached hydrogen (secondary N) is 1. The highest BCUT2D eigenvalue weighted by molar-refractivity contribution is 7.99. The summed E-state index contributed by atoms with van der Waals surface area (Å²) in [7, 11) is 0. The van der Waals surface area contributed by atoms with Crippen LogP contribution < -0.4 is 5.32 Å². The molecule has 0 rings (SSSR count). The Kier molecular flexibility index (Phi) is 9.53. The third kappa shape index (κ3) is 7.25. The molecule has 106 valence electrons. The smallest absolute Gasteiger partial charge is 0.106 e. The van der Waals surface area contributed by atoms with E-state index < -0.39 is 0 Å². The van der Waals surface area contributed by atoms with Crippen LogP contribution in [0, 0.1) is 11.3 Å². The highest BCUT2D eigenvalue weighted by atomic mass is 32.2. The molecule has 0 aromatic rings. The molecule has 4 heteroatoms. The summed E-state index contributed by atoms with van der Waals surface area (Å²) in [5.41, 5.74) is -0.366. The van der Waals surface area contributed by atoms with E-state index >= 15 is 0 Å². The molecule has 0 saturated heterocycles. The van der Waals surface area contributed by atoms with E-state index in [4.69, 9.17) is 5.11 Å². The molecule has 0 bridgehead atoms. The highest BCUT2D eigenvalue weighted by Crippen LogP contribution is 2.21. The summed E-state index contributed by atoms with van der Waals surface area (Å²) in [6.07, 6.45) is 3.64. The molecule has 0 aliphatic rings. The second-order valence-corrected chi connectivity index (χ2v) is 6.69. The van der Waals surface area contributed by atoms with Gasteiger partial charge in [0.25, 0.3) is 0 Å². The Bertz CT molecular complexity index is 253. The van der Waals surface area contributed by atoms with Crippen molar-refractivity contribution < 1.29 is 5.11 Å². The molecule has 18 heavy (non-hydrogen) atoms. The maximum absolute atomic E-state index is 9.37. The topological polar surface area (TPSA) is 56.0 Å². The quantitative estimate of drug-likeness (QED) is 0.600. The van der Waals surface area contributed by atoms with Crippen LogP contribution in [0.25, 0.3) is 0 Å². The number of rotatable bonds is 10. The highest BCUT2D eigenvalue weighted by Gasteiger charge is 2.27. The molecule has 0 aliphatic heterocycles. The summed E-state index contributed by atoms with van der Waals surface area (Å²) >= 11 is 1.88. The molecular formula is C14H28N2OS. The van der Waals surface area contributed by atoms with Crippen LogP contribution in [-0.4, -0.2) is 34.3 Å². The van der Waals surface area contributed by atoms with E-state index in [-0.39, 0.29) is 12.1 Å². The average molecular weight is 272 g/mol. The number of nitriles is 1. The van der Waals surface area contributed by atoms with Crippen LogP contribution in [0.5, 0.6) is 0 Å². The zero-order valence-corrected chi connectivity index (χ0v) is 13.0. The van der Waals surface area contributed by atoms with Crippen molar-refractivity contribution >= 4 is 11.8 Å². The number of nitrogens with zero attached hydrogens (tertiary/aromatic N) is 1. The first kappa shape index (κ1) is 17.8. The van der Waals surface area contributed by atoms with E-state index in [1.807, 2.05) is 11.8 Å². The Morgan fingerprint density at radius 3 is 2.50 bits per heavy atom. The molecule has 0 amide bonds. The summed E-state index contributed by atoms with van der Waals surface area (Å²) < 4.78 is 0. The van der Waals surface area contributed by atoms with Gasteiger partial charge >= 0.3 is 0 Å². The molecule has 0 aliphatic carbocycles. The zero-order chi connectivity index (χ0) is 14.0. The van der Waals surface area contributed by atoms with Gasteiger partial charge in [-0.1, -0.05) is 13.8 Å².